The molecule has 18 heavy (non-hydrogen) atoms. The van der Waals surface area contributed by atoms with Gasteiger partial charge >= 0.3 is 0 Å². The van der Waals surface area contributed by atoms with Crippen LogP contribution in [0.2, 0.25) is 0 Å². The highest BCUT2D eigenvalue weighted by Gasteiger charge is 2.56. The maximum Gasteiger partial charge on any atom is 0.192 e. The van der Waals surface area contributed by atoms with E-state index in [1.807, 2.05) is 24.3 Å². The highest BCUT2D eigenvalue weighted by atomic mass is 16.5. The summed E-state index contributed by atoms with van der Waals surface area (Å²) < 4.78 is 5.91. The lowest BCUT2D eigenvalue weighted by Gasteiger charge is -2.30. The van der Waals surface area contributed by atoms with Crippen molar-refractivity contribution in [3.63, 3.8) is 0 Å². The SMILES string of the molecule is CC1(C)[C@H]2O[C@H](C(=O)c3ccccc32)[C@@H]1CC=O. The van der Waals surface area contributed by atoms with E-state index in [0.717, 1.165) is 17.4 Å². The molecular weight excluding hydrogens is 228 g/mol. The summed E-state index contributed by atoms with van der Waals surface area (Å²) >= 11 is 0. The fourth-order valence-electron chi connectivity index (χ4n) is 3.35. The number of aldehydes is 1. The van der Waals surface area contributed by atoms with Crippen LogP contribution in [0, 0.1) is 11.3 Å². The summed E-state index contributed by atoms with van der Waals surface area (Å²) in [7, 11) is 0. The number of fused-ring (bicyclic) bond motifs is 4. The molecule has 0 aromatic heterocycles. The largest absolute Gasteiger partial charge is 0.361 e. The summed E-state index contributed by atoms with van der Waals surface area (Å²) in [5, 5.41) is 0. The van der Waals surface area contributed by atoms with Crippen molar-refractivity contribution in [2.75, 3.05) is 0 Å². The smallest absolute Gasteiger partial charge is 0.192 e. The summed E-state index contributed by atoms with van der Waals surface area (Å²) in [6.45, 7) is 4.17. The first kappa shape index (κ1) is 11.6. The topological polar surface area (TPSA) is 43.4 Å². The summed E-state index contributed by atoms with van der Waals surface area (Å²) in [6.07, 6.45) is 0.744. The molecule has 3 atom stereocenters. The number of benzene rings is 1. The molecule has 3 nitrogen and oxygen atoms in total. The molecular formula is C15H16O3. The summed E-state index contributed by atoms with van der Waals surface area (Å²) in [6, 6.07) is 7.63. The quantitative estimate of drug-likeness (QED) is 0.751. The molecule has 1 aromatic rings. The predicted octanol–water partition coefficient (Wildman–Crippen LogP) is 2.55. The lowest BCUT2D eigenvalue weighted by Crippen LogP contribution is -2.32. The van der Waals surface area contributed by atoms with Crippen LogP contribution in [0.4, 0.5) is 0 Å². The first-order valence-corrected chi connectivity index (χ1v) is 6.29. The summed E-state index contributed by atoms with van der Waals surface area (Å²) in [4.78, 5) is 23.3. The van der Waals surface area contributed by atoms with Gasteiger partial charge in [0.2, 0.25) is 0 Å². The third-order valence-electron chi connectivity index (χ3n) is 4.40. The van der Waals surface area contributed by atoms with Crippen LogP contribution in [-0.2, 0) is 9.53 Å². The summed E-state index contributed by atoms with van der Waals surface area (Å²) in [5.41, 5.74) is 1.55. The van der Waals surface area contributed by atoms with E-state index in [1.165, 1.54) is 0 Å². The van der Waals surface area contributed by atoms with Gasteiger partial charge in [-0.2, -0.15) is 0 Å². The minimum atomic E-state index is -0.454. The minimum Gasteiger partial charge on any atom is -0.361 e. The molecule has 2 aliphatic heterocycles. The van der Waals surface area contributed by atoms with Crippen molar-refractivity contribution in [2.45, 2.75) is 32.5 Å². The third kappa shape index (κ3) is 1.34. The van der Waals surface area contributed by atoms with Crippen LogP contribution < -0.4 is 0 Å². The first-order chi connectivity index (χ1) is 8.57. The Bertz CT molecular complexity index is 518. The van der Waals surface area contributed by atoms with Crippen LogP contribution in [-0.4, -0.2) is 18.2 Å². The van der Waals surface area contributed by atoms with Gasteiger partial charge in [0.1, 0.15) is 12.4 Å². The molecule has 0 saturated carbocycles. The van der Waals surface area contributed by atoms with E-state index < -0.39 is 6.10 Å². The molecule has 1 aromatic carbocycles. The molecule has 3 rings (SSSR count). The van der Waals surface area contributed by atoms with E-state index in [9.17, 15) is 9.59 Å². The van der Waals surface area contributed by atoms with E-state index in [4.69, 9.17) is 4.74 Å². The number of carbonyl (C=O) groups is 2. The Morgan fingerprint density at radius 2 is 2.06 bits per heavy atom. The Balaban J connectivity index is 2.14. The molecule has 0 unspecified atom stereocenters. The normalized spacial score (nSPS) is 32.1. The Kier molecular flexibility index (Phi) is 2.42. The predicted molar refractivity (Wildman–Crippen MR) is 66.3 cm³/mol. The van der Waals surface area contributed by atoms with Gasteiger partial charge in [-0.15, -0.1) is 0 Å². The molecule has 2 heterocycles. The number of hydrogen-bond donors (Lipinski definition) is 0. The Morgan fingerprint density at radius 1 is 1.33 bits per heavy atom. The molecule has 0 radical (unpaired) electrons. The van der Waals surface area contributed by atoms with Crippen LogP contribution in [0.5, 0.6) is 0 Å². The highest BCUT2D eigenvalue weighted by molar-refractivity contribution is 6.02. The molecule has 3 heteroatoms. The van der Waals surface area contributed by atoms with Crippen LogP contribution in [0.15, 0.2) is 24.3 Å². The number of Topliss-reactive ketones (excluding diaryl/α,β-unsaturated/α-hetero) is 1. The second kappa shape index (κ2) is 3.75. The third-order valence-corrected chi connectivity index (χ3v) is 4.40. The molecule has 2 aliphatic rings. The lowest BCUT2D eigenvalue weighted by molar-refractivity contribution is -0.109. The average Bonchev–Trinajstić information content (AvgIpc) is 2.59. The molecule has 1 fully saturated rings. The van der Waals surface area contributed by atoms with E-state index in [0.29, 0.717) is 6.42 Å². The van der Waals surface area contributed by atoms with Gasteiger partial charge in [0.05, 0.1) is 6.10 Å². The maximum atomic E-state index is 12.4. The van der Waals surface area contributed by atoms with Crippen molar-refractivity contribution in [1.82, 2.24) is 0 Å². The van der Waals surface area contributed by atoms with Crippen LogP contribution in [0.25, 0.3) is 0 Å². The van der Waals surface area contributed by atoms with Gasteiger partial charge in [0.25, 0.3) is 0 Å². The minimum absolute atomic E-state index is 0.0271. The van der Waals surface area contributed by atoms with Crippen molar-refractivity contribution in [2.24, 2.45) is 11.3 Å². The Morgan fingerprint density at radius 3 is 2.78 bits per heavy atom. The zero-order valence-corrected chi connectivity index (χ0v) is 10.6. The van der Waals surface area contributed by atoms with Gasteiger partial charge in [0, 0.05) is 23.3 Å². The second-order valence-corrected chi connectivity index (χ2v) is 5.72. The molecule has 0 amide bonds. The van der Waals surface area contributed by atoms with E-state index in [2.05, 4.69) is 13.8 Å². The standard InChI is InChI=1S/C15H16O3/c1-15(2)11(7-8-16)13-12(17)9-5-3-4-6-10(9)14(15)18-13/h3-6,8,11,13-14H,7H2,1-2H3/t11-,13-,14-/m0/s1. The molecule has 2 bridgehead atoms. The molecule has 94 valence electrons. The van der Waals surface area contributed by atoms with Gasteiger partial charge < -0.3 is 9.53 Å². The van der Waals surface area contributed by atoms with Gasteiger partial charge in [-0.1, -0.05) is 38.1 Å². The number of ketones is 1. The molecule has 0 N–H and O–H groups in total. The molecule has 1 saturated heterocycles. The van der Waals surface area contributed by atoms with E-state index >= 15 is 0 Å². The fraction of sp³-hybridized carbons (Fsp3) is 0.467. The van der Waals surface area contributed by atoms with Gasteiger partial charge in [-0.05, 0) is 5.56 Å². The summed E-state index contributed by atoms with van der Waals surface area (Å²) in [5.74, 6) is -0.000764. The zero-order chi connectivity index (χ0) is 12.9. The van der Waals surface area contributed by atoms with Crippen LogP contribution >= 0.6 is 0 Å². The van der Waals surface area contributed by atoms with Crippen molar-refractivity contribution in [3.05, 3.63) is 35.4 Å². The van der Waals surface area contributed by atoms with Gasteiger partial charge in [-0.25, -0.2) is 0 Å². The molecule has 0 spiro atoms. The van der Waals surface area contributed by atoms with Crippen molar-refractivity contribution in [1.29, 1.82) is 0 Å². The number of carbonyl (C=O) groups excluding carboxylic acids is 2. The maximum absolute atomic E-state index is 12.4. The average molecular weight is 244 g/mol. The van der Waals surface area contributed by atoms with Crippen LogP contribution in [0.1, 0.15) is 42.3 Å². The molecule has 0 aliphatic carbocycles. The van der Waals surface area contributed by atoms with Crippen molar-refractivity contribution in [3.8, 4) is 0 Å². The number of ether oxygens (including phenoxy) is 1. The fourth-order valence-corrected chi connectivity index (χ4v) is 3.35. The monoisotopic (exact) mass is 244 g/mol. The van der Waals surface area contributed by atoms with Gasteiger partial charge in [0.15, 0.2) is 5.78 Å². The second-order valence-electron chi connectivity index (χ2n) is 5.72. The van der Waals surface area contributed by atoms with E-state index in [1.54, 1.807) is 0 Å². The van der Waals surface area contributed by atoms with E-state index in [-0.39, 0.29) is 23.2 Å². The zero-order valence-electron chi connectivity index (χ0n) is 10.6. The van der Waals surface area contributed by atoms with Crippen molar-refractivity contribution < 1.29 is 14.3 Å². The first-order valence-electron chi connectivity index (χ1n) is 6.29. The highest BCUT2D eigenvalue weighted by Crippen LogP contribution is 2.56. The Hall–Kier alpha value is -1.48. The Labute approximate surface area is 106 Å². The lowest BCUT2D eigenvalue weighted by atomic mass is 9.73. The van der Waals surface area contributed by atoms with Crippen LogP contribution in [0.3, 0.4) is 0 Å². The number of rotatable bonds is 2. The van der Waals surface area contributed by atoms with Gasteiger partial charge in [-0.3, -0.25) is 4.79 Å². The van der Waals surface area contributed by atoms with Crippen molar-refractivity contribution >= 4 is 12.1 Å². The number of hydrogen-bond acceptors (Lipinski definition) is 3.